The van der Waals surface area contributed by atoms with Gasteiger partial charge in [-0.05, 0) is 52.4 Å². The van der Waals surface area contributed by atoms with Crippen molar-refractivity contribution in [3.05, 3.63) is 96.1 Å². The van der Waals surface area contributed by atoms with Crippen LogP contribution >= 0.6 is 0 Å². The Morgan fingerprint density at radius 1 is 0.793 bits per heavy atom. The first kappa shape index (κ1) is 18.1. The zero-order valence-corrected chi connectivity index (χ0v) is 16.4. The first-order chi connectivity index (χ1) is 14.3. The molecule has 1 saturated heterocycles. The Balaban J connectivity index is 1.49. The van der Waals surface area contributed by atoms with Crippen molar-refractivity contribution in [3.8, 4) is 0 Å². The standard InChI is InChI=1S/C27H24O2/c28-25(19-9-2-1-3-10-19)18-22-13-8-16-26(29-22)27-23-14-6-4-11-20(23)17-21-12-5-7-15-24(21)27/h1-7,9-12,14-15,17,22,26H,8,13,16,18H2/t22-,26+/m1/s1. The van der Waals surface area contributed by atoms with Crippen LogP contribution in [-0.2, 0) is 4.74 Å². The third kappa shape index (κ3) is 3.56. The molecule has 0 N–H and O–H groups in total. The molecule has 1 fully saturated rings. The number of carbonyl (C=O) groups excluding carboxylic acids is 1. The second-order valence-electron chi connectivity index (χ2n) is 7.90. The van der Waals surface area contributed by atoms with Crippen molar-refractivity contribution >= 4 is 27.3 Å². The molecule has 0 aromatic heterocycles. The maximum atomic E-state index is 12.7. The van der Waals surface area contributed by atoms with E-state index in [1.54, 1.807) is 0 Å². The molecule has 1 aliphatic rings. The first-order valence-corrected chi connectivity index (χ1v) is 10.4. The SMILES string of the molecule is O=C(C[C@H]1CCC[C@@H](c2c3ccccc3cc3ccccc23)O1)c1ccccc1. The molecule has 2 atom stereocenters. The molecule has 144 valence electrons. The Kier molecular flexibility index (Phi) is 4.87. The molecule has 0 amide bonds. The summed E-state index contributed by atoms with van der Waals surface area (Å²) < 4.78 is 6.56. The van der Waals surface area contributed by atoms with Gasteiger partial charge < -0.3 is 4.74 Å². The molecule has 4 aromatic rings. The van der Waals surface area contributed by atoms with Crippen LogP contribution in [0.1, 0.15) is 47.7 Å². The second kappa shape index (κ2) is 7.81. The Labute approximate surface area is 171 Å². The van der Waals surface area contributed by atoms with E-state index >= 15 is 0 Å². The minimum Gasteiger partial charge on any atom is -0.370 e. The van der Waals surface area contributed by atoms with Crippen LogP contribution in [0.15, 0.2) is 84.9 Å². The molecular formula is C27H24O2. The fourth-order valence-electron chi connectivity index (χ4n) is 4.61. The fourth-order valence-corrected chi connectivity index (χ4v) is 4.61. The molecule has 4 aromatic carbocycles. The Bertz CT molecular complexity index is 1110. The number of fused-ring (bicyclic) bond motifs is 2. The van der Waals surface area contributed by atoms with E-state index in [1.165, 1.54) is 27.1 Å². The largest absolute Gasteiger partial charge is 0.370 e. The highest BCUT2D eigenvalue weighted by atomic mass is 16.5. The van der Waals surface area contributed by atoms with Crippen LogP contribution in [0.5, 0.6) is 0 Å². The van der Waals surface area contributed by atoms with Crippen molar-refractivity contribution in [1.82, 2.24) is 0 Å². The number of carbonyl (C=O) groups is 1. The summed E-state index contributed by atoms with van der Waals surface area (Å²) >= 11 is 0. The number of Topliss-reactive ketones (excluding diaryl/α,β-unsaturated/α-hetero) is 1. The van der Waals surface area contributed by atoms with E-state index in [4.69, 9.17) is 4.74 Å². The predicted octanol–water partition coefficient (Wildman–Crippen LogP) is 6.88. The Morgan fingerprint density at radius 2 is 1.41 bits per heavy atom. The second-order valence-corrected chi connectivity index (χ2v) is 7.90. The van der Waals surface area contributed by atoms with Gasteiger partial charge in [0, 0.05) is 12.0 Å². The van der Waals surface area contributed by atoms with Crippen molar-refractivity contribution in [2.75, 3.05) is 0 Å². The number of benzene rings is 4. The molecule has 0 bridgehead atoms. The van der Waals surface area contributed by atoms with E-state index in [9.17, 15) is 4.79 Å². The molecule has 0 saturated carbocycles. The predicted molar refractivity (Wildman–Crippen MR) is 118 cm³/mol. The molecule has 0 unspecified atom stereocenters. The molecule has 1 heterocycles. The van der Waals surface area contributed by atoms with Crippen molar-refractivity contribution in [3.63, 3.8) is 0 Å². The summed E-state index contributed by atoms with van der Waals surface area (Å²) in [5, 5.41) is 5.00. The average Bonchev–Trinajstić information content (AvgIpc) is 2.78. The zero-order valence-electron chi connectivity index (χ0n) is 16.4. The van der Waals surface area contributed by atoms with Gasteiger partial charge in [-0.1, -0.05) is 78.9 Å². The summed E-state index contributed by atoms with van der Waals surface area (Å²) in [6.45, 7) is 0. The lowest BCUT2D eigenvalue weighted by Crippen LogP contribution is -2.25. The van der Waals surface area contributed by atoms with Crippen LogP contribution in [0.25, 0.3) is 21.5 Å². The number of hydrogen-bond donors (Lipinski definition) is 0. The van der Waals surface area contributed by atoms with Gasteiger partial charge in [0.1, 0.15) is 0 Å². The maximum Gasteiger partial charge on any atom is 0.165 e. The van der Waals surface area contributed by atoms with Crippen LogP contribution in [0.2, 0.25) is 0 Å². The van der Waals surface area contributed by atoms with E-state index < -0.39 is 0 Å². The van der Waals surface area contributed by atoms with Gasteiger partial charge in [-0.25, -0.2) is 0 Å². The average molecular weight is 380 g/mol. The van der Waals surface area contributed by atoms with E-state index in [1.807, 2.05) is 30.3 Å². The van der Waals surface area contributed by atoms with Crippen molar-refractivity contribution < 1.29 is 9.53 Å². The summed E-state index contributed by atoms with van der Waals surface area (Å²) in [5.74, 6) is 0.166. The quantitative estimate of drug-likeness (QED) is 0.285. The van der Waals surface area contributed by atoms with E-state index in [2.05, 4.69) is 54.6 Å². The molecule has 0 spiro atoms. The molecule has 5 rings (SSSR count). The van der Waals surface area contributed by atoms with Gasteiger partial charge in [-0.3, -0.25) is 4.79 Å². The van der Waals surface area contributed by atoms with Crippen LogP contribution in [0.4, 0.5) is 0 Å². The highest BCUT2D eigenvalue weighted by Gasteiger charge is 2.28. The van der Waals surface area contributed by atoms with Gasteiger partial charge in [0.25, 0.3) is 0 Å². The third-order valence-corrected chi connectivity index (χ3v) is 5.99. The van der Waals surface area contributed by atoms with Crippen molar-refractivity contribution in [2.45, 2.75) is 37.9 Å². The lowest BCUT2D eigenvalue weighted by atomic mass is 9.89. The molecule has 0 radical (unpaired) electrons. The van der Waals surface area contributed by atoms with Gasteiger partial charge in [0.05, 0.1) is 12.2 Å². The third-order valence-electron chi connectivity index (χ3n) is 5.99. The van der Waals surface area contributed by atoms with E-state index in [0.717, 1.165) is 24.8 Å². The normalized spacial score (nSPS) is 19.4. The number of hydrogen-bond acceptors (Lipinski definition) is 2. The van der Waals surface area contributed by atoms with Crippen molar-refractivity contribution in [2.24, 2.45) is 0 Å². The van der Waals surface area contributed by atoms with Crippen LogP contribution in [-0.4, -0.2) is 11.9 Å². The highest BCUT2D eigenvalue weighted by molar-refractivity contribution is 6.02. The summed E-state index contributed by atoms with van der Waals surface area (Å²) in [7, 11) is 0. The van der Waals surface area contributed by atoms with E-state index in [0.29, 0.717) is 6.42 Å². The van der Waals surface area contributed by atoms with Crippen LogP contribution < -0.4 is 0 Å². The smallest absolute Gasteiger partial charge is 0.165 e. The number of ketones is 1. The van der Waals surface area contributed by atoms with Gasteiger partial charge in [0.2, 0.25) is 0 Å². The Hall–Kier alpha value is -2.97. The molecular weight excluding hydrogens is 356 g/mol. The molecule has 2 heteroatoms. The minimum absolute atomic E-state index is 0.0216. The van der Waals surface area contributed by atoms with Crippen molar-refractivity contribution in [1.29, 1.82) is 0 Å². The van der Waals surface area contributed by atoms with Gasteiger partial charge in [-0.15, -0.1) is 0 Å². The molecule has 29 heavy (non-hydrogen) atoms. The van der Waals surface area contributed by atoms with E-state index in [-0.39, 0.29) is 18.0 Å². The molecule has 2 nitrogen and oxygen atoms in total. The number of ether oxygens (including phenoxy) is 1. The molecule has 1 aliphatic heterocycles. The van der Waals surface area contributed by atoms with Gasteiger partial charge in [-0.2, -0.15) is 0 Å². The first-order valence-electron chi connectivity index (χ1n) is 10.4. The lowest BCUT2D eigenvalue weighted by molar-refractivity contribution is -0.0495. The maximum absolute atomic E-state index is 12.7. The van der Waals surface area contributed by atoms with Gasteiger partial charge in [0.15, 0.2) is 5.78 Å². The monoisotopic (exact) mass is 380 g/mol. The Morgan fingerprint density at radius 3 is 2.10 bits per heavy atom. The molecule has 0 aliphatic carbocycles. The van der Waals surface area contributed by atoms with Gasteiger partial charge >= 0.3 is 0 Å². The lowest BCUT2D eigenvalue weighted by Gasteiger charge is -2.31. The highest BCUT2D eigenvalue weighted by Crippen LogP contribution is 2.40. The summed E-state index contributed by atoms with van der Waals surface area (Å²) in [6.07, 6.45) is 3.46. The summed E-state index contributed by atoms with van der Waals surface area (Å²) in [4.78, 5) is 12.7. The minimum atomic E-state index is -0.0285. The van der Waals surface area contributed by atoms with Crippen LogP contribution in [0, 0.1) is 0 Å². The van der Waals surface area contributed by atoms with Crippen LogP contribution in [0.3, 0.4) is 0 Å². The topological polar surface area (TPSA) is 26.3 Å². The fraction of sp³-hybridized carbons (Fsp3) is 0.222. The zero-order chi connectivity index (χ0) is 19.6. The number of rotatable bonds is 4. The summed E-state index contributed by atoms with van der Waals surface area (Å²) in [5.41, 5.74) is 2.05. The summed E-state index contributed by atoms with van der Waals surface area (Å²) in [6, 6.07) is 28.9.